The summed E-state index contributed by atoms with van der Waals surface area (Å²) in [6, 6.07) is 1.07. The summed E-state index contributed by atoms with van der Waals surface area (Å²) in [4.78, 5) is 46.6. The smallest absolute Gasteiger partial charge is 0.330 e. The summed E-state index contributed by atoms with van der Waals surface area (Å²) >= 11 is 0. The van der Waals surface area contributed by atoms with E-state index in [0.29, 0.717) is 0 Å². The molecular formula is C15H20N2O9. The third-order valence-corrected chi connectivity index (χ3v) is 4.27. The van der Waals surface area contributed by atoms with Crippen LogP contribution in [-0.4, -0.2) is 60.2 Å². The lowest BCUT2D eigenvalue weighted by Gasteiger charge is -2.17. The van der Waals surface area contributed by atoms with Crippen LogP contribution >= 0.6 is 0 Å². The maximum absolute atomic E-state index is 11.8. The van der Waals surface area contributed by atoms with E-state index in [1.807, 2.05) is 4.98 Å². The highest BCUT2D eigenvalue weighted by atomic mass is 16.6. The van der Waals surface area contributed by atoms with Crippen molar-refractivity contribution >= 4 is 11.9 Å². The molecule has 11 heteroatoms. The number of aliphatic carboxylic acids is 2. The van der Waals surface area contributed by atoms with Crippen molar-refractivity contribution in [3.63, 3.8) is 0 Å². The van der Waals surface area contributed by atoms with Gasteiger partial charge in [-0.1, -0.05) is 0 Å². The van der Waals surface area contributed by atoms with Gasteiger partial charge in [0, 0.05) is 12.3 Å². The van der Waals surface area contributed by atoms with Crippen LogP contribution in [0.3, 0.4) is 0 Å². The lowest BCUT2D eigenvalue weighted by molar-refractivity contribution is -0.148. The van der Waals surface area contributed by atoms with Gasteiger partial charge >= 0.3 is 17.6 Å². The average Bonchev–Trinajstić information content (AvgIpc) is 2.82. The molecule has 0 aliphatic carbocycles. The molecule has 1 unspecified atom stereocenters. The highest BCUT2D eigenvalue weighted by Crippen LogP contribution is 2.31. The Balaban J connectivity index is 1.99. The van der Waals surface area contributed by atoms with Crippen LogP contribution in [0.4, 0.5) is 0 Å². The zero-order valence-corrected chi connectivity index (χ0v) is 13.6. The van der Waals surface area contributed by atoms with Crippen molar-refractivity contribution in [2.45, 2.75) is 50.2 Å². The third-order valence-electron chi connectivity index (χ3n) is 4.27. The molecule has 1 saturated heterocycles. The van der Waals surface area contributed by atoms with Gasteiger partial charge < -0.3 is 25.2 Å². The second-order valence-electron chi connectivity index (χ2n) is 6.13. The molecule has 0 radical (unpaired) electrons. The molecule has 0 amide bonds. The summed E-state index contributed by atoms with van der Waals surface area (Å²) in [7, 11) is 0. The van der Waals surface area contributed by atoms with Gasteiger partial charge in [-0.25, -0.2) is 4.79 Å². The number of nitrogens with one attached hydrogen (secondary N) is 1. The molecule has 2 rings (SSSR count). The maximum Gasteiger partial charge on any atom is 0.330 e. The lowest BCUT2D eigenvalue weighted by atomic mass is 9.96. The van der Waals surface area contributed by atoms with Crippen LogP contribution in [0, 0.1) is 5.92 Å². The van der Waals surface area contributed by atoms with Crippen LogP contribution in [-0.2, 0) is 14.3 Å². The topological polar surface area (TPSA) is 179 Å². The largest absolute Gasteiger partial charge is 0.481 e. The van der Waals surface area contributed by atoms with E-state index in [1.54, 1.807) is 0 Å². The van der Waals surface area contributed by atoms with E-state index in [0.717, 1.165) is 16.8 Å². The Morgan fingerprint density at radius 3 is 2.50 bits per heavy atom. The number of ether oxygens (including phenoxy) is 1. The van der Waals surface area contributed by atoms with Gasteiger partial charge in [0.15, 0.2) is 6.23 Å². The molecule has 2 heterocycles. The highest BCUT2D eigenvalue weighted by Gasteiger charge is 2.43. The van der Waals surface area contributed by atoms with Crippen LogP contribution in [0.25, 0.3) is 0 Å². The minimum atomic E-state index is -1.42. The number of nitrogens with zero attached hydrogens (tertiary/aromatic N) is 1. The number of hydrogen-bond acceptors (Lipinski definition) is 7. The zero-order chi connectivity index (χ0) is 19.4. The molecule has 26 heavy (non-hydrogen) atoms. The summed E-state index contributed by atoms with van der Waals surface area (Å²) in [6.45, 7) is 0. The number of aromatic nitrogens is 2. The van der Waals surface area contributed by atoms with E-state index in [2.05, 4.69) is 0 Å². The van der Waals surface area contributed by atoms with Gasteiger partial charge in [-0.3, -0.25) is 23.9 Å². The first-order valence-electron chi connectivity index (χ1n) is 7.98. The van der Waals surface area contributed by atoms with Crippen LogP contribution in [0.1, 0.15) is 31.9 Å². The molecule has 1 fully saturated rings. The van der Waals surface area contributed by atoms with Crippen LogP contribution in [0.5, 0.6) is 0 Å². The van der Waals surface area contributed by atoms with Gasteiger partial charge in [0.2, 0.25) is 0 Å². The fourth-order valence-electron chi connectivity index (χ4n) is 2.91. The summed E-state index contributed by atoms with van der Waals surface area (Å²) in [5.41, 5.74) is -1.42. The molecule has 11 nitrogen and oxygen atoms in total. The number of carboxylic acid groups (broad SMARTS) is 2. The zero-order valence-electron chi connectivity index (χ0n) is 13.6. The van der Waals surface area contributed by atoms with Gasteiger partial charge in [-0.2, -0.15) is 0 Å². The van der Waals surface area contributed by atoms with Gasteiger partial charge in [0.05, 0.1) is 18.4 Å². The maximum atomic E-state index is 11.8. The molecule has 0 saturated carbocycles. The number of aliphatic hydroxyl groups is 2. The summed E-state index contributed by atoms with van der Waals surface area (Å²) < 4.78 is 6.44. The van der Waals surface area contributed by atoms with Crippen molar-refractivity contribution in [2.24, 2.45) is 5.92 Å². The van der Waals surface area contributed by atoms with Gasteiger partial charge in [-0.15, -0.1) is 0 Å². The predicted octanol–water partition coefficient (Wildman–Crippen LogP) is -1.50. The number of aliphatic hydroxyl groups excluding tert-OH is 2. The van der Waals surface area contributed by atoms with Crippen LogP contribution < -0.4 is 11.2 Å². The van der Waals surface area contributed by atoms with E-state index in [9.17, 15) is 29.4 Å². The van der Waals surface area contributed by atoms with E-state index >= 15 is 0 Å². The second-order valence-corrected chi connectivity index (χ2v) is 6.13. The number of rotatable bonds is 8. The molecular weight excluding hydrogens is 352 g/mol. The van der Waals surface area contributed by atoms with Crippen molar-refractivity contribution in [1.82, 2.24) is 9.55 Å². The molecule has 1 aliphatic heterocycles. The minimum Gasteiger partial charge on any atom is -0.481 e. The van der Waals surface area contributed by atoms with Gasteiger partial charge in [-0.05, 0) is 19.3 Å². The van der Waals surface area contributed by atoms with Crippen LogP contribution in [0.15, 0.2) is 21.9 Å². The fourth-order valence-corrected chi connectivity index (χ4v) is 2.91. The van der Waals surface area contributed by atoms with Crippen molar-refractivity contribution in [3.05, 3.63) is 33.1 Å². The summed E-state index contributed by atoms with van der Waals surface area (Å²) in [5.74, 6) is -3.51. The number of H-pyrrole nitrogens is 1. The standard InChI is InChI=1S/C15H20N2O9/c18-9-4-5-17(15(25)16-9)13-12(22)11(21)8(26-13)3-1-2-7(14(23)24)6-10(19)20/h4-5,7-8,11-13,21-22H,1-3,6H2,(H,19,20)(H,23,24)(H,16,18,25)/t7?,8-,11-,12-,13-/m1/s1. The Hall–Kier alpha value is -2.50. The quantitative estimate of drug-likeness (QED) is 0.363. The molecule has 1 aromatic rings. The van der Waals surface area contributed by atoms with E-state index in [-0.39, 0.29) is 19.3 Å². The van der Waals surface area contributed by atoms with E-state index in [1.165, 1.54) is 0 Å². The average molecular weight is 372 g/mol. The Morgan fingerprint density at radius 1 is 1.23 bits per heavy atom. The summed E-state index contributed by atoms with van der Waals surface area (Å²) in [6.07, 6.45) is -3.71. The van der Waals surface area contributed by atoms with Crippen molar-refractivity contribution < 1.29 is 34.8 Å². The van der Waals surface area contributed by atoms with Crippen molar-refractivity contribution in [3.8, 4) is 0 Å². The van der Waals surface area contributed by atoms with Crippen molar-refractivity contribution in [2.75, 3.05) is 0 Å². The van der Waals surface area contributed by atoms with E-state index in [4.69, 9.17) is 14.9 Å². The minimum absolute atomic E-state index is 0.0631. The summed E-state index contributed by atoms with van der Waals surface area (Å²) in [5, 5.41) is 37.9. The first kappa shape index (κ1) is 19.8. The fraction of sp³-hybridized carbons (Fsp3) is 0.600. The van der Waals surface area contributed by atoms with Crippen LogP contribution in [0.2, 0.25) is 0 Å². The third kappa shape index (κ3) is 4.56. The molecule has 1 aliphatic rings. The first-order chi connectivity index (χ1) is 12.2. The van der Waals surface area contributed by atoms with Crippen molar-refractivity contribution in [1.29, 1.82) is 0 Å². The number of aromatic amines is 1. The highest BCUT2D eigenvalue weighted by molar-refractivity contribution is 5.77. The lowest BCUT2D eigenvalue weighted by Crippen LogP contribution is -2.37. The normalized spacial score (nSPS) is 26.5. The molecule has 1 aromatic heterocycles. The number of carboxylic acids is 2. The molecule has 5 atom stereocenters. The Kier molecular flexibility index (Phi) is 6.29. The monoisotopic (exact) mass is 372 g/mol. The molecule has 5 N–H and O–H groups in total. The Bertz CT molecular complexity index is 771. The molecule has 0 bridgehead atoms. The molecule has 144 valence electrons. The van der Waals surface area contributed by atoms with Gasteiger partial charge in [0.1, 0.15) is 12.2 Å². The molecule has 0 spiro atoms. The number of carbonyl (C=O) groups is 2. The predicted molar refractivity (Wildman–Crippen MR) is 84.5 cm³/mol. The SMILES string of the molecule is O=C(O)CC(CCC[C@H]1O[C@@H](n2ccc(=O)[nH]c2=O)[C@H](O)[C@@H]1O)C(=O)O. The van der Waals surface area contributed by atoms with E-state index < -0.39 is 60.1 Å². The number of hydrogen-bond donors (Lipinski definition) is 5. The second kappa shape index (κ2) is 8.25. The molecule has 0 aromatic carbocycles. The first-order valence-corrected chi connectivity index (χ1v) is 7.98. The Morgan fingerprint density at radius 2 is 1.92 bits per heavy atom. The van der Waals surface area contributed by atoms with Gasteiger partial charge in [0.25, 0.3) is 5.56 Å². The Labute approximate surface area is 146 Å².